The maximum absolute atomic E-state index is 3.91. The lowest BCUT2D eigenvalue weighted by atomic mass is 9.99. The molecule has 128 valence electrons. The monoisotopic (exact) mass is 314 g/mol. The van der Waals surface area contributed by atoms with E-state index in [1.54, 1.807) is 0 Å². The van der Waals surface area contributed by atoms with Crippen LogP contribution in [0.1, 0.15) is 82.3 Å². The molecule has 2 heteroatoms. The predicted octanol–water partition coefficient (Wildman–Crippen LogP) is 6.05. The SMILES string of the molecule is CCCCc1ccc(NC2CCCC2)c(C)c1NC1CCCC1. The molecular formula is C21H34N2. The van der Waals surface area contributed by atoms with Crippen molar-refractivity contribution in [3.8, 4) is 0 Å². The molecule has 0 amide bonds. The van der Waals surface area contributed by atoms with E-state index in [-0.39, 0.29) is 0 Å². The van der Waals surface area contributed by atoms with Crippen LogP contribution in [0, 0.1) is 6.92 Å². The third-order valence-electron chi connectivity index (χ3n) is 5.77. The molecule has 0 aromatic heterocycles. The van der Waals surface area contributed by atoms with Gasteiger partial charge in [-0.15, -0.1) is 0 Å². The second-order valence-corrected chi connectivity index (χ2v) is 7.63. The zero-order valence-corrected chi connectivity index (χ0v) is 15.1. The van der Waals surface area contributed by atoms with Gasteiger partial charge < -0.3 is 10.6 Å². The molecule has 2 nitrogen and oxygen atoms in total. The Morgan fingerprint density at radius 3 is 2.13 bits per heavy atom. The Kier molecular flexibility index (Phi) is 5.85. The third kappa shape index (κ3) is 4.22. The van der Waals surface area contributed by atoms with Crippen molar-refractivity contribution in [2.75, 3.05) is 10.6 Å². The summed E-state index contributed by atoms with van der Waals surface area (Å²) in [4.78, 5) is 0. The van der Waals surface area contributed by atoms with Gasteiger partial charge in [0.1, 0.15) is 0 Å². The summed E-state index contributed by atoms with van der Waals surface area (Å²) in [6, 6.07) is 6.08. The van der Waals surface area contributed by atoms with Gasteiger partial charge in [0, 0.05) is 23.5 Å². The molecule has 2 saturated carbocycles. The van der Waals surface area contributed by atoms with Gasteiger partial charge >= 0.3 is 0 Å². The molecule has 3 rings (SSSR count). The molecule has 1 aromatic carbocycles. The van der Waals surface area contributed by atoms with Crippen molar-refractivity contribution in [3.05, 3.63) is 23.3 Å². The highest BCUT2D eigenvalue weighted by atomic mass is 15.0. The number of unbranched alkanes of at least 4 members (excludes halogenated alkanes) is 1. The van der Waals surface area contributed by atoms with Gasteiger partial charge in [-0.05, 0) is 62.6 Å². The molecule has 0 radical (unpaired) electrons. The van der Waals surface area contributed by atoms with Gasteiger partial charge in [0.15, 0.2) is 0 Å². The first-order valence-corrected chi connectivity index (χ1v) is 9.93. The van der Waals surface area contributed by atoms with Gasteiger partial charge in [-0.25, -0.2) is 0 Å². The smallest absolute Gasteiger partial charge is 0.0425 e. The average molecular weight is 315 g/mol. The normalized spacial score (nSPS) is 19.4. The van der Waals surface area contributed by atoms with Gasteiger partial charge in [0.2, 0.25) is 0 Å². The van der Waals surface area contributed by atoms with Crippen LogP contribution in [0.25, 0.3) is 0 Å². The number of hydrogen-bond acceptors (Lipinski definition) is 2. The molecule has 0 atom stereocenters. The fourth-order valence-electron chi connectivity index (χ4n) is 4.26. The summed E-state index contributed by atoms with van der Waals surface area (Å²) in [5, 5.41) is 7.73. The molecule has 0 spiro atoms. The Hall–Kier alpha value is -1.18. The lowest BCUT2D eigenvalue weighted by Gasteiger charge is -2.24. The Morgan fingerprint density at radius 2 is 1.52 bits per heavy atom. The molecule has 23 heavy (non-hydrogen) atoms. The van der Waals surface area contributed by atoms with Crippen molar-refractivity contribution < 1.29 is 0 Å². The molecule has 0 bridgehead atoms. The number of aryl methyl sites for hydroxylation is 1. The third-order valence-corrected chi connectivity index (χ3v) is 5.77. The van der Waals surface area contributed by atoms with E-state index in [1.807, 2.05) is 0 Å². The lowest BCUT2D eigenvalue weighted by molar-refractivity contribution is 0.742. The first-order valence-electron chi connectivity index (χ1n) is 9.93. The Balaban J connectivity index is 1.80. The van der Waals surface area contributed by atoms with E-state index in [0.717, 1.165) is 0 Å². The van der Waals surface area contributed by atoms with Crippen molar-refractivity contribution in [2.24, 2.45) is 0 Å². The van der Waals surface area contributed by atoms with E-state index < -0.39 is 0 Å². The molecule has 1 aromatic rings. The Bertz CT molecular complexity index is 497. The summed E-state index contributed by atoms with van der Waals surface area (Å²) >= 11 is 0. The minimum absolute atomic E-state index is 0.689. The van der Waals surface area contributed by atoms with Crippen LogP contribution < -0.4 is 10.6 Å². The Labute approximate surface area is 142 Å². The van der Waals surface area contributed by atoms with Gasteiger partial charge in [-0.2, -0.15) is 0 Å². The zero-order valence-electron chi connectivity index (χ0n) is 15.1. The van der Waals surface area contributed by atoms with Crippen LogP contribution in [0.3, 0.4) is 0 Å². The van der Waals surface area contributed by atoms with Gasteiger partial charge in [-0.1, -0.05) is 45.1 Å². The number of anilines is 2. The van der Waals surface area contributed by atoms with Crippen LogP contribution in [-0.4, -0.2) is 12.1 Å². The molecule has 0 saturated heterocycles. The van der Waals surface area contributed by atoms with Crippen LogP contribution in [0.2, 0.25) is 0 Å². The van der Waals surface area contributed by atoms with Crippen molar-refractivity contribution in [3.63, 3.8) is 0 Å². The van der Waals surface area contributed by atoms with E-state index in [0.29, 0.717) is 12.1 Å². The number of benzene rings is 1. The van der Waals surface area contributed by atoms with Crippen LogP contribution >= 0.6 is 0 Å². The highest BCUT2D eigenvalue weighted by Crippen LogP contribution is 2.33. The summed E-state index contributed by atoms with van der Waals surface area (Å²) in [6.07, 6.45) is 14.7. The largest absolute Gasteiger partial charge is 0.382 e. The Morgan fingerprint density at radius 1 is 0.913 bits per heavy atom. The predicted molar refractivity (Wildman–Crippen MR) is 102 cm³/mol. The zero-order chi connectivity index (χ0) is 16.1. The topological polar surface area (TPSA) is 24.1 Å². The minimum atomic E-state index is 0.689. The quantitative estimate of drug-likeness (QED) is 0.640. The number of rotatable bonds is 7. The first kappa shape index (κ1) is 16.7. The van der Waals surface area contributed by atoms with E-state index in [4.69, 9.17) is 0 Å². The van der Waals surface area contributed by atoms with Gasteiger partial charge in [0.05, 0.1) is 0 Å². The summed E-state index contributed by atoms with van der Waals surface area (Å²) in [7, 11) is 0. The summed E-state index contributed by atoms with van der Waals surface area (Å²) in [5.41, 5.74) is 5.76. The molecule has 0 aliphatic heterocycles. The molecule has 0 unspecified atom stereocenters. The maximum Gasteiger partial charge on any atom is 0.0425 e. The van der Waals surface area contributed by atoms with Crippen molar-refractivity contribution in [2.45, 2.75) is 96.6 Å². The minimum Gasteiger partial charge on any atom is -0.382 e. The molecule has 2 aliphatic rings. The number of nitrogens with one attached hydrogen (secondary N) is 2. The standard InChI is InChI=1S/C21H34N2/c1-3-4-9-17-14-15-20(22-18-10-5-6-11-18)16(2)21(17)23-19-12-7-8-13-19/h14-15,18-19,22-23H,3-13H2,1-2H3. The van der Waals surface area contributed by atoms with Crippen LogP contribution in [0.4, 0.5) is 11.4 Å². The molecule has 2 N–H and O–H groups in total. The summed E-state index contributed by atoms with van der Waals surface area (Å²) in [6.45, 7) is 4.59. The summed E-state index contributed by atoms with van der Waals surface area (Å²) in [5.74, 6) is 0. The van der Waals surface area contributed by atoms with E-state index in [2.05, 4.69) is 36.6 Å². The first-order chi connectivity index (χ1) is 11.3. The van der Waals surface area contributed by atoms with E-state index in [9.17, 15) is 0 Å². The second-order valence-electron chi connectivity index (χ2n) is 7.63. The van der Waals surface area contributed by atoms with E-state index in [1.165, 1.54) is 93.1 Å². The summed E-state index contributed by atoms with van der Waals surface area (Å²) < 4.78 is 0. The van der Waals surface area contributed by atoms with Crippen molar-refractivity contribution in [1.82, 2.24) is 0 Å². The fraction of sp³-hybridized carbons (Fsp3) is 0.714. The molecule has 2 aliphatic carbocycles. The van der Waals surface area contributed by atoms with Crippen LogP contribution in [0.15, 0.2) is 12.1 Å². The van der Waals surface area contributed by atoms with Crippen LogP contribution in [-0.2, 0) is 6.42 Å². The van der Waals surface area contributed by atoms with Crippen molar-refractivity contribution >= 4 is 11.4 Å². The fourth-order valence-corrected chi connectivity index (χ4v) is 4.26. The van der Waals surface area contributed by atoms with E-state index >= 15 is 0 Å². The highest BCUT2D eigenvalue weighted by Gasteiger charge is 2.20. The maximum atomic E-state index is 3.91. The highest BCUT2D eigenvalue weighted by molar-refractivity contribution is 5.69. The second kappa shape index (κ2) is 8.08. The molecular weight excluding hydrogens is 280 g/mol. The van der Waals surface area contributed by atoms with Gasteiger partial charge in [0.25, 0.3) is 0 Å². The average Bonchev–Trinajstić information content (AvgIpc) is 3.24. The lowest BCUT2D eigenvalue weighted by Crippen LogP contribution is -2.19. The number of hydrogen-bond donors (Lipinski definition) is 2. The molecule has 0 heterocycles. The van der Waals surface area contributed by atoms with Crippen LogP contribution in [0.5, 0.6) is 0 Å². The van der Waals surface area contributed by atoms with Crippen molar-refractivity contribution in [1.29, 1.82) is 0 Å². The van der Waals surface area contributed by atoms with Gasteiger partial charge in [-0.3, -0.25) is 0 Å². The molecule has 2 fully saturated rings.